The Hall–Kier alpha value is -0.0800. The molecule has 2 aliphatic rings. The number of hydrogen-bond acceptors (Lipinski definition) is 2. The molecule has 2 unspecified atom stereocenters. The third kappa shape index (κ3) is 4.06. The van der Waals surface area contributed by atoms with Crippen molar-refractivity contribution in [2.75, 3.05) is 6.54 Å². The summed E-state index contributed by atoms with van der Waals surface area (Å²) in [5, 5.41) is 7.50. The van der Waals surface area contributed by atoms with E-state index in [1.807, 2.05) is 0 Å². The molecule has 0 spiro atoms. The van der Waals surface area contributed by atoms with Crippen molar-refractivity contribution in [1.82, 2.24) is 10.6 Å². The average molecular weight is 224 g/mol. The molecule has 2 atom stereocenters. The summed E-state index contributed by atoms with van der Waals surface area (Å²) in [4.78, 5) is 0. The molecule has 1 heterocycles. The first-order valence-corrected chi connectivity index (χ1v) is 7.34. The fourth-order valence-electron chi connectivity index (χ4n) is 3.29. The van der Waals surface area contributed by atoms with Crippen LogP contribution in [0.2, 0.25) is 0 Å². The summed E-state index contributed by atoms with van der Waals surface area (Å²) in [5.41, 5.74) is 0. The van der Waals surface area contributed by atoms with E-state index in [0.717, 1.165) is 12.1 Å². The second-order valence-electron chi connectivity index (χ2n) is 5.79. The van der Waals surface area contributed by atoms with Crippen LogP contribution in [-0.4, -0.2) is 24.7 Å². The van der Waals surface area contributed by atoms with E-state index in [2.05, 4.69) is 17.6 Å². The SMILES string of the molecule is CC(CC1CCCCCN1)NC1CCCC1. The monoisotopic (exact) mass is 224 g/mol. The first kappa shape index (κ1) is 12.4. The summed E-state index contributed by atoms with van der Waals surface area (Å²) in [5.74, 6) is 0. The van der Waals surface area contributed by atoms with Crippen molar-refractivity contribution in [3.05, 3.63) is 0 Å². The van der Waals surface area contributed by atoms with Crippen LogP contribution in [0, 0.1) is 0 Å². The van der Waals surface area contributed by atoms with Crippen molar-refractivity contribution in [2.24, 2.45) is 0 Å². The second-order valence-corrected chi connectivity index (χ2v) is 5.79. The Morgan fingerprint density at radius 1 is 1.06 bits per heavy atom. The van der Waals surface area contributed by atoms with Crippen LogP contribution in [0.15, 0.2) is 0 Å². The molecule has 0 radical (unpaired) electrons. The maximum Gasteiger partial charge on any atom is 0.00817 e. The number of rotatable bonds is 4. The van der Waals surface area contributed by atoms with E-state index in [1.54, 1.807) is 0 Å². The molecule has 2 fully saturated rings. The Bertz CT molecular complexity index is 179. The molecule has 0 bridgehead atoms. The molecule has 0 aromatic carbocycles. The summed E-state index contributed by atoms with van der Waals surface area (Å²) >= 11 is 0. The molecule has 2 nitrogen and oxygen atoms in total. The Morgan fingerprint density at radius 2 is 1.81 bits per heavy atom. The fourth-order valence-corrected chi connectivity index (χ4v) is 3.29. The van der Waals surface area contributed by atoms with E-state index in [-0.39, 0.29) is 0 Å². The minimum atomic E-state index is 0.693. The highest BCUT2D eigenvalue weighted by atomic mass is 15.0. The lowest BCUT2D eigenvalue weighted by molar-refractivity contribution is 0.370. The van der Waals surface area contributed by atoms with Crippen LogP contribution in [0.1, 0.15) is 64.7 Å². The van der Waals surface area contributed by atoms with Gasteiger partial charge in [-0.1, -0.05) is 25.7 Å². The lowest BCUT2D eigenvalue weighted by Crippen LogP contribution is -2.40. The maximum atomic E-state index is 3.81. The number of hydrogen-bond donors (Lipinski definition) is 2. The Kier molecular flexibility index (Phi) is 5.11. The van der Waals surface area contributed by atoms with Crippen LogP contribution in [0.4, 0.5) is 0 Å². The molecule has 94 valence electrons. The second kappa shape index (κ2) is 6.61. The summed E-state index contributed by atoms with van der Waals surface area (Å²) in [6, 6.07) is 2.28. The van der Waals surface area contributed by atoms with Gasteiger partial charge in [0.1, 0.15) is 0 Å². The lowest BCUT2D eigenvalue weighted by atomic mass is 10.0. The highest BCUT2D eigenvalue weighted by molar-refractivity contribution is 4.80. The molecule has 0 aromatic heterocycles. The van der Waals surface area contributed by atoms with Gasteiger partial charge >= 0.3 is 0 Å². The normalized spacial score (nSPS) is 30.2. The maximum absolute atomic E-state index is 3.81. The van der Waals surface area contributed by atoms with Crippen LogP contribution in [0.25, 0.3) is 0 Å². The van der Waals surface area contributed by atoms with Gasteiger partial charge in [0, 0.05) is 18.1 Å². The van der Waals surface area contributed by atoms with Crippen LogP contribution in [0.5, 0.6) is 0 Å². The summed E-state index contributed by atoms with van der Waals surface area (Å²) in [6.07, 6.45) is 12.6. The molecule has 16 heavy (non-hydrogen) atoms. The van der Waals surface area contributed by atoms with Crippen LogP contribution in [-0.2, 0) is 0 Å². The predicted octanol–water partition coefficient (Wildman–Crippen LogP) is 2.83. The Balaban J connectivity index is 1.66. The molecule has 2 N–H and O–H groups in total. The Labute approximate surface area is 101 Å². The van der Waals surface area contributed by atoms with Gasteiger partial charge in [-0.05, 0) is 45.6 Å². The van der Waals surface area contributed by atoms with E-state index in [9.17, 15) is 0 Å². The molecule has 1 saturated heterocycles. The zero-order valence-corrected chi connectivity index (χ0v) is 10.8. The average Bonchev–Trinajstić information content (AvgIpc) is 2.62. The molecular formula is C14H28N2. The van der Waals surface area contributed by atoms with Crippen molar-refractivity contribution in [3.63, 3.8) is 0 Å². The summed E-state index contributed by atoms with van der Waals surface area (Å²) in [7, 11) is 0. The summed E-state index contributed by atoms with van der Waals surface area (Å²) in [6.45, 7) is 3.60. The fraction of sp³-hybridized carbons (Fsp3) is 1.00. The predicted molar refractivity (Wildman–Crippen MR) is 69.7 cm³/mol. The smallest absolute Gasteiger partial charge is 0.00817 e. The zero-order chi connectivity index (χ0) is 11.2. The molecule has 2 heteroatoms. The van der Waals surface area contributed by atoms with E-state index < -0.39 is 0 Å². The van der Waals surface area contributed by atoms with Crippen LogP contribution < -0.4 is 10.6 Å². The van der Waals surface area contributed by atoms with Gasteiger partial charge in [-0.15, -0.1) is 0 Å². The molecule has 0 aromatic rings. The van der Waals surface area contributed by atoms with E-state index >= 15 is 0 Å². The molecule has 1 saturated carbocycles. The largest absolute Gasteiger partial charge is 0.314 e. The minimum Gasteiger partial charge on any atom is -0.314 e. The van der Waals surface area contributed by atoms with Gasteiger partial charge < -0.3 is 10.6 Å². The van der Waals surface area contributed by atoms with Crippen molar-refractivity contribution in [3.8, 4) is 0 Å². The summed E-state index contributed by atoms with van der Waals surface area (Å²) < 4.78 is 0. The highest BCUT2D eigenvalue weighted by Crippen LogP contribution is 2.19. The van der Waals surface area contributed by atoms with Gasteiger partial charge in [-0.25, -0.2) is 0 Å². The Morgan fingerprint density at radius 3 is 2.62 bits per heavy atom. The van der Waals surface area contributed by atoms with Gasteiger partial charge in [-0.2, -0.15) is 0 Å². The minimum absolute atomic E-state index is 0.693. The first-order valence-electron chi connectivity index (χ1n) is 7.34. The van der Waals surface area contributed by atoms with Crippen LogP contribution in [0.3, 0.4) is 0 Å². The quantitative estimate of drug-likeness (QED) is 0.767. The topological polar surface area (TPSA) is 24.1 Å². The molecule has 0 amide bonds. The van der Waals surface area contributed by atoms with Crippen molar-refractivity contribution in [2.45, 2.75) is 82.8 Å². The van der Waals surface area contributed by atoms with Gasteiger partial charge in [0.05, 0.1) is 0 Å². The lowest BCUT2D eigenvalue weighted by Gasteiger charge is -2.24. The van der Waals surface area contributed by atoms with Gasteiger partial charge in [-0.3, -0.25) is 0 Å². The third-order valence-corrected chi connectivity index (χ3v) is 4.18. The third-order valence-electron chi connectivity index (χ3n) is 4.18. The molecule has 1 aliphatic heterocycles. The van der Waals surface area contributed by atoms with Crippen molar-refractivity contribution in [1.29, 1.82) is 0 Å². The van der Waals surface area contributed by atoms with Crippen molar-refractivity contribution >= 4 is 0 Å². The first-order chi connectivity index (χ1) is 7.84. The van der Waals surface area contributed by atoms with Gasteiger partial charge in [0.2, 0.25) is 0 Å². The van der Waals surface area contributed by atoms with Crippen molar-refractivity contribution < 1.29 is 0 Å². The van der Waals surface area contributed by atoms with Crippen LogP contribution >= 0.6 is 0 Å². The highest BCUT2D eigenvalue weighted by Gasteiger charge is 2.19. The van der Waals surface area contributed by atoms with E-state index in [1.165, 1.54) is 64.3 Å². The van der Waals surface area contributed by atoms with E-state index in [4.69, 9.17) is 0 Å². The number of nitrogens with one attached hydrogen (secondary N) is 2. The van der Waals surface area contributed by atoms with E-state index in [0.29, 0.717) is 6.04 Å². The standard InChI is InChI=1S/C14H28N2/c1-12(16-13-7-4-5-8-13)11-14-9-3-2-6-10-15-14/h12-16H,2-11H2,1H3. The van der Waals surface area contributed by atoms with Gasteiger partial charge in [0.15, 0.2) is 0 Å². The molecule has 1 aliphatic carbocycles. The zero-order valence-electron chi connectivity index (χ0n) is 10.8. The molecular weight excluding hydrogens is 196 g/mol. The molecule has 2 rings (SSSR count). The van der Waals surface area contributed by atoms with Gasteiger partial charge in [0.25, 0.3) is 0 Å².